The quantitative estimate of drug-likeness (QED) is 0.692. The molecule has 0 fully saturated rings. The highest BCUT2D eigenvalue weighted by molar-refractivity contribution is 9.09. The summed E-state index contributed by atoms with van der Waals surface area (Å²) in [6.07, 6.45) is 4.31. The van der Waals surface area contributed by atoms with Gasteiger partial charge >= 0.3 is 0 Å². The third kappa shape index (κ3) is 2.45. The van der Waals surface area contributed by atoms with E-state index in [2.05, 4.69) is 20.9 Å². The van der Waals surface area contributed by atoms with Crippen molar-refractivity contribution in [1.29, 1.82) is 0 Å². The fraction of sp³-hybridized carbons (Fsp3) is 0.500. The number of halogens is 1. The van der Waals surface area contributed by atoms with Gasteiger partial charge in [-0.3, -0.25) is 4.98 Å². The number of rotatable bonds is 3. The van der Waals surface area contributed by atoms with Gasteiger partial charge in [-0.25, -0.2) is 0 Å². The largest absolute Gasteiger partial charge is 0.253 e. The maximum absolute atomic E-state index is 3.98. The van der Waals surface area contributed by atoms with Crippen molar-refractivity contribution in [3.05, 3.63) is 16.6 Å². The fourth-order valence-electron chi connectivity index (χ4n) is 0.607. The summed E-state index contributed by atoms with van der Waals surface area (Å²) in [5.41, 5.74) is 1.88. The van der Waals surface area contributed by atoms with Gasteiger partial charge in [0.1, 0.15) is 0 Å². The summed E-state index contributed by atoms with van der Waals surface area (Å²) in [5.74, 6) is 0. The van der Waals surface area contributed by atoms with Gasteiger partial charge in [-0.15, -0.1) is 11.3 Å². The van der Waals surface area contributed by atoms with Crippen LogP contribution in [-0.4, -0.2) is 10.3 Å². The van der Waals surface area contributed by atoms with E-state index in [4.69, 9.17) is 0 Å². The summed E-state index contributed by atoms with van der Waals surface area (Å²) in [5, 5.41) is 1.09. The minimum absolute atomic E-state index is 1.09. The van der Waals surface area contributed by atoms with Crippen molar-refractivity contribution in [1.82, 2.24) is 4.98 Å². The predicted octanol–water partition coefficient (Wildman–Crippen LogP) is 2.47. The van der Waals surface area contributed by atoms with Crippen LogP contribution in [0.5, 0.6) is 0 Å². The first kappa shape index (κ1) is 7.22. The molecule has 0 atom stereocenters. The molecule has 0 aromatic carbocycles. The molecular formula is C6H8BrNS. The second kappa shape index (κ2) is 4.01. The zero-order valence-corrected chi connectivity index (χ0v) is 7.41. The standard InChI is InChI=1S/C6H8BrNS/c7-3-1-2-6-4-8-5-9-6/h4-5H,1-3H2. The van der Waals surface area contributed by atoms with Gasteiger partial charge in [0.2, 0.25) is 0 Å². The molecule has 9 heavy (non-hydrogen) atoms. The Kier molecular flexibility index (Phi) is 3.22. The molecule has 0 saturated carbocycles. The first-order valence-electron chi connectivity index (χ1n) is 2.87. The summed E-state index contributed by atoms with van der Waals surface area (Å²) >= 11 is 5.11. The highest BCUT2D eigenvalue weighted by atomic mass is 79.9. The molecule has 0 saturated heterocycles. The topological polar surface area (TPSA) is 12.9 Å². The molecule has 0 spiro atoms. The van der Waals surface area contributed by atoms with E-state index in [9.17, 15) is 0 Å². The van der Waals surface area contributed by atoms with E-state index in [1.165, 1.54) is 11.3 Å². The summed E-state index contributed by atoms with van der Waals surface area (Å²) in [6, 6.07) is 0. The molecule has 0 unspecified atom stereocenters. The Morgan fingerprint density at radius 1 is 1.67 bits per heavy atom. The molecule has 1 rings (SSSR count). The van der Waals surface area contributed by atoms with Gasteiger partial charge in [-0.05, 0) is 12.8 Å². The number of thiazole rings is 1. The SMILES string of the molecule is BrCCCc1cncs1. The lowest BCUT2D eigenvalue weighted by molar-refractivity contribution is 0.955. The average molecular weight is 206 g/mol. The lowest BCUT2D eigenvalue weighted by Gasteiger charge is -1.88. The van der Waals surface area contributed by atoms with Gasteiger partial charge in [0.05, 0.1) is 5.51 Å². The lowest BCUT2D eigenvalue weighted by Crippen LogP contribution is -1.79. The molecule has 0 bridgehead atoms. The Balaban J connectivity index is 2.30. The molecule has 3 heteroatoms. The van der Waals surface area contributed by atoms with Crippen LogP contribution < -0.4 is 0 Å². The highest BCUT2D eigenvalue weighted by Gasteiger charge is 1.91. The van der Waals surface area contributed by atoms with Crippen molar-refractivity contribution < 1.29 is 0 Å². The van der Waals surface area contributed by atoms with E-state index in [0.29, 0.717) is 0 Å². The van der Waals surface area contributed by atoms with E-state index in [1.807, 2.05) is 11.7 Å². The van der Waals surface area contributed by atoms with Crippen LogP contribution in [0.2, 0.25) is 0 Å². The van der Waals surface area contributed by atoms with E-state index in [0.717, 1.165) is 11.8 Å². The van der Waals surface area contributed by atoms with Gasteiger partial charge in [-0.1, -0.05) is 15.9 Å². The number of hydrogen-bond donors (Lipinski definition) is 0. The molecule has 0 amide bonds. The predicted molar refractivity (Wildman–Crippen MR) is 44.2 cm³/mol. The number of aryl methyl sites for hydroxylation is 1. The number of alkyl halides is 1. The molecule has 1 aromatic heterocycles. The van der Waals surface area contributed by atoms with Crippen LogP contribution in [0.3, 0.4) is 0 Å². The lowest BCUT2D eigenvalue weighted by atomic mass is 10.3. The van der Waals surface area contributed by atoms with Crippen LogP contribution in [0.4, 0.5) is 0 Å². The second-order valence-electron chi connectivity index (χ2n) is 1.76. The summed E-state index contributed by atoms with van der Waals surface area (Å²) in [6.45, 7) is 0. The molecule has 0 radical (unpaired) electrons. The average Bonchev–Trinajstić information content (AvgIpc) is 2.34. The zero-order chi connectivity index (χ0) is 6.53. The number of nitrogens with zero attached hydrogens (tertiary/aromatic N) is 1. The second-order valence-corrected chi connectivity index (χ2v) is 3.52. The van der Waals surface area contributed by atoms with Crippen molar-refractivity contribution in [2.45, 2.75) is 12.8 Å². The molecular weight excluding hydrogens is 198 g/mol. The Morgan fingerprint density at radius 2 is 2.56 bits per heavy atom. The summed E-state index contributed by atoms with van der Waals surface area (Å²) in [4.78, 5) is 5.36. The van der Waals surface area contributed by atoms with Gasteiger partial charge in [0, 0.05) is 16.4 Å². The van der Waals surface area contributed by atoms with Gasteiger partial charge in [0.15, 0.2) is 0 Å². The fourth-order valence-corrected chi connectivity index (χ4v) is 1.53. The third-order valence-corrected chi connectivity index (χ3v) is 2.44. The maximum atomic E-state index is 3.98. The minimum Gasteiger partial charge on any atom is -0.253 e. The van der Waals surface area contributed by atoms with E-state index in [-0.39, 0.29) is 0 Å². The van der Waals surface area contributed by atoms with E-state index < -0.39 is 0 Å². The minimum atomic E-state index is 1.09. The van der Waals surface area contributed by atoms with Gasteiger partial charge in [-0.2, -0.15) is 0 Å². The smallest absolute Gasteiger partial charge is 0.0794 e. The van der Waals surface area contributed by atoms with Crippen molar-refractivity contribution in [3.63, 3.8) is 0 Å². The van der Waals surface area contributed by atoms with E-state index >= 15 is 0 Å². The summed E-state index contributed by atoms with van der Waals surface area (Å²) in [7, 11) is 0. The molecule has 0 N–H and O–H groups in total. The van der Waals surface area contributed by atoms with Crippen molar-refractivity contribution in [2.24, 2.45) is 0 Å². The van der Waals surface area contributed by atoms with E-state index in [1.54, 1.807) is 11.3 Å². The Morgan fingerprint density at radius 3 is 3.11 bits per heavy atom. The van der Waals surface area contributed by atoms with Crippen LogP contribution in [0.15, 0.2) is 11.7 Å². The third-order valence-electron chi connectivity index (χ3n) is 1.04. The molecule has 1 heterocycles. The molecule has 50 valence electrons. The van der Waals surface area contributed by atoms with Crippen molar-refractivity contribution >= 4 is 27.3 Å². The van der Waals surface area contributed by atoms with Crippen LogP contribution in [-0.2, 0) is 6.42 Å². The Hall–Kier alpha value is 0.110. The van der Waals surface area contributed by atoms with Crippen molar-refractivity contribution in [3.8, 4) is 0 Å². The van der Waals surface area contributed by atoms with Crippen LogP contribution in [0, 0.1) is 0 Å². The molecule has 1 nitrogen and oxygen atoms in total. The Bertz CT molecular complexity index is 150. The first-order valence-corrected chi connectivity index (χ1v) is 4.87. The molecule has 1 aromatic rings. The van der Waals surface area contributed by atoms with Crippen LogP contribution in [0.25, 0.3) is 0 Å². The molecule has 0 aliphatic carbocycles. The highest BCUT2D eigenvalue weighted by Crippen LogP contribution is 2.08. The first-order chi connectivity index (χ1) is 4.43. The van der Waals surface area contributed by atoms with Crippen LogP contribution >= 0.6 is 27.3 Å². The normalized spacial score (nSPS) is 9.89. The monoisotopic (exact) mass is 205 g/mol. The van der Waals surface area contributed by atoms with Gasteiger partial charge in [0.25, 0.3) is 0 Å². The number of aromatic nitrogens is 1. The van der Waals surface area contributed by atoms with Gasteiger partial charge < -0.3 is 0 Å². The van der Waals surface area contributed by atoms with Crippen LogP contribution in [0.1, 0.15) is 11.3 Å². The molecule has 0 aliphatic heterocycles. The Labute approximate surface area is 67.3 Å². The van der Waals surface area contributed by atoms with Crippen molar-refractivity contribution in [2.75, 3.05) is 5.33 Å². The maximum Gasteiger partial charge on any atom is 0.0794 e. The summed E-state index contributed by atoms with van der Waals surface area (Å²) < 4.78 is 0. The molecule has 0 aliphatic rings. The number of hydrogen-bond acceptors (Lipinski definition) is 2. The zero-order valence-electron chi connectivity index (χ0n) is 5.01.